The molecular formula is C14H28N2O. The summed E-state index contributed by atoms with van der Waals surface area (Å²) in [5.41, 5.74) is 0. The van der Waals surface area contributed by atoms with Crippen molar-refractivity contribution >= 4 is 5.91 Å². The van der Waals surface area contributed by atoms with Gasteiger partial charge in [0.1, 0.15) is 0 Å². The van der Waals surface area contributed by atoms with Crippen LogP contribution in [0, 0.1) is 11.8 Å². The van der Waals surface area contributed by atoms with Crippen LogP contribution < -0.4 is 10.6 Å². The second-order valence-corrected chi connectivity index (χ2v) is 5.51. The summed E-state index contributed by atoms with van der Waals surface area (Å²) >= 11 is 0. The van der Waals surface area contributed by atoms with E-state index in [0.29, 0.717) is 12.5 Å². The lowest BCUT2D eigenvalue weighted by molar-refractivity contribution is -0.120. The first-order valence-corrected chi connectivity index (χ1v) is 7.13. The van der Waals surface area contributed by atoms with Crippen LogP contribution in [0.15, 0.2) is 0 Å². The van der Waals surface area contributed by atoms with E-state index in [0.717, 1.165) is 24.9 Å². The molecule has 0 spiro atoms. The Labute approximate surface area is 106 Å². The predicted molar refractivity (Wildman–Crippen MR) is 71.9 cm³/mol. The molecule has 0 aromatic rings. The van der Waals surface area contributed by atoms with Crippen molar-refractivity contribution in [1.82, 2.24) is 10.6 Å². The molecule has 0 aromatic heterocycles. The molecule has 1 fully saturated rings. The van der Waals surface area contributed by atoms with E-state index in [4.69, 9.17) is 0 Å². The van der Waals surface area contributed by atoms with E-state index >= 15 is 0 Å². The summed E-state index contributed by atoms with van der Waals surface area (Å²) in [4.78, 5) is 11.3. The van der Waals surface area contributed by atoms with Crippen LogP contribution in [-0.2, 0) is 4.79 Å². The van der Waals surface area contributed by atoms with Gasteiger partial charge in [-0.3, -0.25) is 4.79 Å². The smallest absolute Gasteiger partial charge is 0.221 e. The van der Waals surface area contributed by atoms with Crippen LogP contribution in [0.2, 0.25) is 0 Å². The fourth-order valence-electron chi connectivity index (χ4n) is 2.67. The van der Waals surface area contributed by atoms with E-state index in [9.17, 15) is 4.79 Å². The van der Waals surface area contributed by atoms with Gasteiger partial charge in [-0.2, -0.15) is 0 Å². The van der Waals surface area contributed by atoms with E-state index < -0.39 is 0 Å². The summed E-state index contributed by atoms with van der Waals surface area (Å²) in [6.45, 7) is 8.17. The number of nitrogens with one attached hydrogen (secondary N) is 2. The molecule has 0 radical (unpaired) electrons. The molecule has 1 aliphatic carbocycles. The summed E-state index contributed by atoms with van der Waals surface area (Å²) < 4.78 is 0. The number of rotatable bonds is 6. The van der Waals surface area contributed by atoms with Gasteiger partial charge in [-0.05, 0) is 44.4 Å². The number of carbonyl (C=O) groups excluding carboxylic acids is 1. The molecule has 0 aromatic carbocycles. The highest BCUT2D eigenvalue weighted by molar-refractivity contribution is 5.75. The van der Waals surface area contributed by atoms with Gasteiger partial charge in [-0.1, -0.05) is 13.8 Å². The molecule has 0 unspecified atom stereocenters. The average Bonchev–Trinajstić information content (AvgIpc) is 2.30. The van der Waals surface area contributed by atoms with Gasteiger partial charge in [0.15, 0.2) is 0 Å². The van der Waals surface area contributed by atoms with Gasteiger partial charge in [-0.25, -0.2) is 0 Å². The van der Waals surface area contributed by atoms with Crippen LogP contribution in [0.25, 0.3) is 0 Å². The maximum Gasteiger partial charge on any atom is 0.221 e. The molecule has 3 heteroatoms. The maximum absolute atomic E-state index is 11.3. The van der Waals surface area contributed by atoms with E-state index in [-0.39, 0.29) is 5.91 Å². The molecule has 17 heavy (non-hydrogen) atoms. The summed E-state index contributed by atoms with van der Waals surface area (Å²) in [7, 11) is 0. The fraction of sp³-hybridized carbons (Fsp3) is 0.929. The molecule has 1 saturated carbocycles. The Morgan fingerprint density at radius 3 is 2.41 bits per heavy atom. The highest BCUT2D eigenvalue weighted by atomic mass is 16.1. The Kier molecular flexibility index (Phi) is 6.56. The lowest BCUT2D eigenvalue weighted by Crippen LogP contribution is -2.36. The van der Waals surface area contributed by atoms with Crippen LogP contribution in [0.4, 0.5) is 0 Å². The second kappa shape index (κ2) is 7.70. The van der Waals surface area contributed by atoms with Gasteiger partial charge >= 0.3 is 0 Å². The normalized spacial score (nSPS) is 24.9. The van der Waals surface area contributed by atoms with E-state index in [1.54, 1.807) is 0 Å². The SMILES string of the molecule is CCNC(=O)CCNC1CCC(C(C)C)CC1. The molecular weight excluding hydrogens is 212 g/mol. The Morgan fingerprint density at radius 1 is 1.24 bits per heavy atom. The quantitative estimate of drug-likeness (QED) is 0.748. The van der Waals surface area contributed by atoms with E-state index in [1.807, 2.05) is 6.92 Å². The van der Waals surface area contributed by atoms with Gasteiger partial charge in [0.25, 0.3) is 0 Å². The number of amides is 1. The Bertz CT molecular complexity index is 220. The summed E-state index contributed by atoms with van der Waals surface area (Å²) in [6.07, 6.45) is 5.85. The first kappa shape index (κ1) is 14.5. The van der Waals surface area contributed by atoms with Crippen molar-refractivity contribution in [1.29, 1.82) is 0 Å². The standard InChI is InChI=1S/C14H28N2O/c1-4-15-14(17)9-10-16-13-7-5-12(6-8-13)11(2)3/h11-13,16H,4-10H2,1-3H3,(H,15,17). The molecule has 1 aliphatic rings. The van der Waals surface area contributed by atoms with Crippen LogP contribution in [0.1, 0.15) is 52.9 Å². The highest BCUT2D eigenvalue weighted by Gasteiger charge is 2.22. The van der Waals surface area contributed by atoms with Crippen molar-refractivity contribution in [3.63, 3.8) is 0 Å². The van der Waals surface area contributed by atoms with Crippen molar-refractivity contribution in [3.05, 3.63) is 0 Å². The summed E-state index contributed by atoms with van der Waals surface area (Å²) in [5.74, 6) is 1.90. The Balaban J connectivity index is 2.08. The average molecular weight is 240 g/mol. The van der Waals surface area contributed by atoms with Crippen molar-refractivity contribution in [2.45, 2.75) is 58.9 Å². The topological polar surface area (TPSA) is 41.1 Å². The Hall–Kier alpha value is -0.570. The third-order valence-electron chi connectivity index (χ3n) is 3.87. The minimum Gasteiger partial charge on any atom is -0.356 e. The van der Waals surface area contributed by atoms with Gasteiger partial charge in [0.05, 0.1) is 0 Å². The zero-order valence-corrected chi connectivity index (χ0v) is 11.6. The van der Waals surface area contributed by atoms with Crippen LogP contribution in [-0.4, -0.2) is 25.0 Å². The van der Waals surface area contributed by atoms with Crippen LogP contribution in [0.5, 0.6) is 0 Å². The Morgan fingerprint density at radius 2 is 1.88 bits per heavy atom. The van der Waals surface area contributed by atoms with Crippen molar-refractivity contribution in [2.75, 3.05) is 13.1 Å². The zero-order valence-electron chi connectivity index (χ0n) is 11.6. The molecule has 1 amide bonds. The zero-order chi connectivity index (χ0) is 12.7. The molecule has 1 rings (SSSR count). The van der Waals surface area contributed by atoms with Crippen molar-refractivity contribution in [2.24, 2.45) is 11.8 Å². The minimum atomic E-state index is 0.163. The number of hydrogen-bond donors (Lipinski definition) is 2. The fourth-order valence-corrected chi connectivity index (χ4v) is 2.67. The first-order valence-electron chi connectivity index (χ1n) is 7.13. The molecule has 2 N–H and O–H groups in total. The van der Waals surface area contributed by atoms with Crippen molar-refractivity contribution < 1.29 is 4.79 Å². The van der Waals surface area contributed by atoms with Crippen LogP contribution >= 0.6 is 0 Å². The molecule has 0 heterocycles. The molecule has 0 saturated heterocycles. The maximum atomic E-state index is 11.3. The third-order valence-corrected chi connectivity index (χ3v) is 3.87. The summed E-state index contributed by atoms with van der Waals surface area (Å²) in [6, 6.07) is 0.638. The molecule has 100 valence electrons. The lowest BCUT2D eigenvalue weighted by atomic mass is 9.80. The monoisotopic (exact) mass is 240 g/mol. The van der Waals surface area contributed by atoms with Crippen molar-refractivity contribution in [3.8, 4) is 0 Å². The molecule has 0 aliphatic heterocycles. The molecule has 3 nitrogen and oxygen atoms in total. The number of hydrogen-bond acceptors (Lipinski definition) is 2. The largest absolute Gasteiger partial charge is 0.356 e. The van der Waals surface area contributed by atoms with Crippen LogP contribution in [0.3, 0.4) is 0 Å². The van der Waals surface area contributed by atoms with Gasteiger partial charge in [0.2, 0.25) is 5.91 Å². The first-order chi connectivity index (χ1) is 8.13. The second-order valence-electron chi connectivity index (χ2n) is 5.51. The molecule has 0 bridgehead atoms. The molecule has 0 atom stereocenters. The third kappa shape index (κ3) is 5.53. The minimum absolute atomic E-state index is 0.163. The van der Waals surface area contributed by atoms with Gasteiger partial charge < -0.3 is 10.6 Å². The van der Waals surface area contributed by atoms with E-state index in [2.05, 4.69) is 24.5 Å². The van der Waals surface area contributed by atoms with E-state index in [1.165, 1.54) is 25.7 Å². The highest BCUT2D eigenvalue weighted by Crippen LogP contribution is 2.29. The predicted octanol–water partition coefficient (Wildman–Crippen LogP) is 2.32. The summed E-state index contributed by atoms with van der Waals surface area (Å²) in [5, 5.41) is 6.34. The van der Waals surface area contributed by atoms with Gasteiger partial charge in [-0.15, -0.1) is 0 Å². The lowest BCUT2D eigenvalue weighted by Gasteiger charge is -2.31. The van der Waals surface area contributed by atoms with Gasteiger partial charge in [0, 0.05) is 25.6 Å². The number of carbonyl (C=O) groups is 1.